The summed E-state index contributed by atoms with van der Waals surface area (Å²) in [5.74, 6) is 0.226. The third kappa shape index (κ3) is 7.21. The van der Waals surface area contributed by atoms with E-state index in [0.29, 0.717) is 13.0 Å². The lowest BCUT2D eigenvalue weighted by Gasteiger charge is -2.19. The van der Waals surface area contributed by atoms with Crippen molar-refractivity contribution in [1.29, 1.82) is 0 Å². The number of carbonyl (C=O) groups excluding carboxylic acids is 2. The van der Waals surface area contributed by atoms with Gasteiger partial charge in [0.05, 0.1) is 0 Å². The van der Waals surface area contributed by atoms with Crippen LogP contribution in [0.15, 0.2) is 6.33 Å². The Balaban J connectivity index is 1.71. The fraction of sp³-hybridized carbons (Fsp3) is 0.765. The first-order chi connectivity index (χ1) is 12.2. The zero-order chi connectivity index (χ0) is 17.9. The van der Waals surface area contributed by atoms with Gasteiger partial charge in [0.25, 0.3) is 0 Å². The monoisotopic (exact) mass is 350 g/mol. The lowest BCUT2D eigenvalue weighted by molar-refractivity contribution is -0.132. The third-order valence-electron chi connectivity index (χ3n) is 4.40. The van der Waals surface area contributed by atoms with Crippen LogP contribution >= 0.6 is 0 Å². The Kier molecular flexibility index (Phi) is 8.38. The second kappa shape index (κ2) is 10.8. The first kappa shape index (κ1) is 19.4. The summed E-state index contributed by atoms with van der Waals surface area (Å²) in [6.45, 7) is 2.51. The Labute approximate surface area is 149 Å². The predicted molar refractivity (Wildman–Crippen MR) is 95.8 cm³/mol. The third-order valence-corrected chi connectivity index (χ3v) is 4.40. The number of nitrogens with zero attached hydrogens (tertiary/aromatic N) is 4. The number of carbonyl (C=O) groups is 2. The van der Waals surface area contributed by atoms with Crippen LogP contribution in [0, 0.1) is 0 Å². The largest absolute Gasteiger partial charge is 0.341 e. The van der Waals surface area contributed by atoms with Crippen molar-refractivity contribution >= 4 is 17.8 Å². The highest BCUT2D eigenvalue weighted by molar-refractivity contribution is 5.88. The van der Waals surface area contributed by atoms with E-state index in [0.717, 1.165) is 51.6 Å². The molecule has 0 spiro atoms. The van der Waals surface area contributed by atoms with E-state index in [1.165, 1.54) is 23.9 Å². The molecule has 3 N–H and O–H groups in total. The first-order valence-corrected chi connectivity index (χ1v) is 9.36. The average molecular weight is 350 g/mol. The minimum Gasteiger partial charge on any atom is -0.341 e. The summed E-state index contributed by atoms with van der Waals surface area (Å²) in [6, 6.07) is 0. The summed E-state index contributed by atoms with van der Waals surface area (Å²) in [6.07, 6.45) is 10.3. The number of anilines is 1. The molecule has 2 amide bonds. The normalized spacial score (nSPS) is 15.0. The zero-order valence-corrected chi connectivity index (χ0v) is 15.0. The average Bonchev–Trinajstić information content (AvgIpc) is 2.86. The van der Waals surface area contributed by atoms with Crippen LogP contribution in [0.25, 0.3) is 0 Å². The van der Waals surface area contributed by atoms with Gasteiger partial charge in [-0.05, 0) is 32.2 Å². The Hall–Kier alpha value is -1.96. The van der Waals surface area contributed by atoms with Crippen LogP contribution in [0.4, 0.5) is 5.95 Å². The molecule has 0 atom stereocenters. The number of likely N-dealkylation sites (tertiary alicyclic amines) is 1. The number of hydrogen-bond donors (Lipinski definition) is 2. The zero-order valence-electron chi connectivity index (χ0n) is 15.0. The lowest BCUT2D eigenvalue weighted by Crippen LogP contribution is -2.34. The quantitative estimate of drug-likeness (QED) is 0.657. The molecular formula is C17H30N6O2. The minimum atomic E-state index is -0.0932. The van der Waals surface area contributed by atoms with E-state index in [9.17, 15) is 9.59 Å². The highest BCUT2D eigenvalue weighted by atomic mass is 16.2. The van der Waals surface area contributed by atoms with Gasteiger partial charge in [0.15, 0.2) is 0 Å². The summed E-state index contributed by atoms with van der Waals surface area (Å²) in [5.41, 5.74) is 5.44. The molecule has 140 valence electrons. The second-order valence-corrected chi connectivity index (χ2v) is 6.56. The molecule has 8 nitrogen and oxygen atoms in total. The van der Waals surface area contributed by atoms with Gasteiger partial charge in [-0.15, -0.1) is 5.10 Å². The standard InChI is InChI=1S/C17H30N6O2/c18-10-6-2-1-5-9-15(24)20-17-19-14-23(21-17)13-16(25)22-11-7-3-4-8-12-22/h14H,1-13,18H2,(H,20,21,24). The maximum Gasteiger partial charge on any atom is 0.248 e. The molecule has 1 aromatic rings. The van der Waals surface area contributed by atoms with Gasteiger partial charge in [-0.3, -0.25) is 14.9 Å². The maximum atomic E-state index is 12.3. The van der Waals surface area contributed by atoms with Gasteiger partial charge in [0.2, 0.25) is 17.8 Å². The summed E-state index contributed by atoms with van der Waals surface area (Å²) in [4.78, 5) is 30.1. The summed E-state index contributed by atoms with van der Waals surface area (Å²) in [7, 11) is 0. The molecule has 2 rings (SSSR count). The number of aromatic nitrogens is 3. The summed E-state index contributed by atoms with van der Waals surface area (Å²) >= 11 is 0. The van der Waals surface area contributed by atoms with Crippen molar-refractivity contribution in [2.45, 2.75) is 64.3 Å². The summed E-state index contributed by atoms with van der Waals surface area (Å²) in [5, 5.41) is 6.86. The van der Waals surface area contributed by atoms with Crippen molar-refractivity contribution in [2.24, 2.45) is 5.73 Å². The molecule has 2 heterocycles. The molecule has 1 aromatic heterocycles. The van der Waals surface area contributed by atoms with Crippen LogP contribution in [0.3, 0.4) is 0 Å². The van der Waals surface area contributed by atoms with Gasteiger partial charge >= 0.3 is 0 Å². The Morgan fingerprint density at radius 1 is 1.08 bits per heavy atom. The van der Waals surface area contributed by atoms with Crippen LogP contribution in [-0.4, -0.2) is 51.1 Å². The highest BCUT2D eigenvalue weighted by Crippen LogP contribution is 2.10. The lowest BCUT2D eigenvalue weighted by atomic mass is 10.1. The van der Waals surface area contributed by atoms with Gasteiger partial charge in [0, 0.05) is 19.5 Å². The Morgan fingerprint density at radius 2 is 1.80 bits per heavy atom. The van der Waals surface area contributed by atoms with Gasteiger partial charge in [0.1, 0.15) is 12.9 Å². The van der Waals surface area contributed by atoms with Crippen molar-refractivity contribution in [1.82, 2.24) is 19.7 Å². The van der Waals surface area contributed by atoms with Gasteiger partial charge in [-0.25, -0.2) is 9.67 Å². The number of nitrogens with one attached hydrogen (secondary N) is 1. The van der Waals surface area contributed by atoms with E-state index in [-0.39, 0.29) is 24.3 Å². The van der Waals surface area contributed by atoms with Crippen LogP contribution < -0.4 is 11.1 Å². The molecule has 0 radical (unpaired) electrons. The van der Waals surface area contributed by atoms with E-state index in [4.69, 9.17) is 5.73 Å². The number of unbranched alkanes of at least 4 members (excludes halogenated alkanes) is 3. The van der Waals surface area contributed by atoms with Gasteiger partial charge in [-0.2, -0.15) is 0 Å². The predicted octanol–water partition coefficient (Wildman–Crippen LogP) is 1.53. The summed E-state index contributed by atoms with van der Waals surface area (Å²) < 4.78 is 1.49. The van der Waals surface area contributed by atoms with Crippen LogP contribution in [0.5, 0.6) is 0 Å². The molecule has 25 heavy (non-hydrogen) atoms. The van der Waals surface area contributed by atoms with E-state index in [1.807, 2.05) is 4.90 Å². The molecule has 0 aromatic carbocycles. The van der Waals surface area contributed by atoms with E-state index >= 15 is 0 Å². The smallest absolute Gasteiger partial charge is 0.248 e. The second-order valence-electron chi connectivity index (χ2n) is 6.56. The fourth-order valence-corrected chi connectivity index (χ4v) is 2.96. The number of hydrogen-bond acceptors (Lipinski definition) is 5. The topological polar surface area (TPSA) is 106 Å². The molecule has 1 fully saturated rings. The molecule has 8 heteroatoms. The molecule has 0 aliphatic carbocycles. The molecule has 1 aliphatic rings. The first-order valence-electron chi connectivity index (χ1n) is 9.36. The Bertz CT molecular complexity index is 537. The van der Waals surface area contributed by atoms with E-state index in [2.05, 4.69) is 15.4 Å². The maximum absolute atomic E-state index is 12.3. The van der Waals surface area contributed by atoms with Crippen molar-refractivity contribution in [3.8, 4) is 0 Å². The van der Waals surface area contributed by atoms with Crippen LogP contribution in [0.2, 0.25) is 0 Å². The fourth-order valence-electron chi connectivity index (χ4n) is 2.96. The number of amides is 2. The molecule has 0 unspecified atom stereocenters. The van der Waals surface area contributed by atoms with E-state index in [1.54, 1.807) is 0 Å². The van der Waals surface area contributed by atoms with Crippen molar-refractivity contribution < 1.29 is 9.59 Å². The van der Waals surface area contributed by atoms with Crippen molar-refractivity contribution in [3.63, 3.8) is 0 Å². The molecular weight excluding hydrogens is 320 g/mol. The molecule has 0 saturated carbocycles. The number of rotatable bonds is 9. The molecule has 0 bridgehead atoms. The van der Waals surface area contributed by atoms with Gasteiger partial charge < -0.3 is 10.6 Å². The van der Waals surface area contributed by atoms with Crippen molar-refractivity contribution in [2.75, 3.05) is 25.0 Å². The van der Waals surface area contributed by atoms with Crippen LogP contribution in [-0.2, 0) is 16.1 Å². The van der Waals surface area contributed by atoms with E-state index < -0.39 is 0 Å². The SMILES string of the molecule is NCCCCCCC(=O)Nc1ncn(CC(=O)N2CCCCCC2)n1. The molecule has 1 aliphatic heterocycles. The minimum absolute atomic E-state index is 0.0598. The Morgan fingerprint density at radius 3 is 2.52 bits per heavy atom. The highest BCUT2D eigenvalue weighted by Gasteiger charge is 2.16. The van der Waals surface area contributed by atoms with Gasteiger partial charge in [-0.1, -0.05) is 25.7 Å². The molecule has 1 saturated heterocycles. The van der Waals surface area contributed by atoms with Crippen LogP contribution in [0.1, 0.15) is 57.8 Å². The van der Waals surface area contributed by atoms with Crippen molar-refractivity contribution in [3.05, 3.63) is 6.33 Å². The number of nitrogens with two attached hydrogens (primary N) is 1.